The van der Waals surface area contributed by atoms with Crippen molar-refractivity contribution in [3.63, 3.8) is 0 Å². The van der Waals surface area contributed by atoms with Gasteiger partial charge in [-0.05, 0) is 69.1 Å². The lowest BCUT2D eigenvalue weighted by atomic mass is 10.0. The number of hydrogen-bond donors (Lipinski definition) is 6. The zero-order valence-corrected chi connectivity index (χ0v) is 31.4. The number of anilines is 2. The predicted octanol–water partition coefficient (Wildman–Crippen LogP) is 5.63. The van der Waals surface area contributed by atoms with Gasteiger partial charge in [0.2, 0.25) is 5.91 Å². The van der Waals surface area contributed by atoms with E-state index in [1.54, 1.807) is 35.8 Å². The average Bonchev–Trinajstić information content (AvgIpc) is 3.77. The van der Waals surface area contributed by atoms with E-state index in [9.17, 15) is 14.4 Å². The molecule has 2 saturated heterocycles. The Morgan fingerprint density at radius 2 is 1.90 bits per heavy atom. The van der Waals surface area contributed by atoms with Crippen molar-refractivity contribution in [3.8, 4) is 17.2 Å². The van der Waals surface area contributed by atoms with E-state index in [1.807, 2.05) is 37.0 Å². The van der Waals surface area contributed by atoms with Gasteiger partial charge in [0.1, 0.15) is 12.1 Å². The molecule has 6 N–H and O–H groups in total. The molecule has 0 saturated carbocycles. The van der Waals surface area contributed by atoms with Crippen molar-refractivity contribution >= 4 is 63.1 Å². The Kier molecular flexibility index (Phi) is 14.6. The Labute approximate surface area is 306 Å². The van der Waals surface area contributed by atoms with Crippen molar-refractivity contribution in [2.75, 3.05) is 51.2 Å². The lowest BCUT2D eigenvalue weighted by molar-refractivity contribution is -0.120. The molecule has 15 heteroatoms. The third kappa shape index (κ3) is 10.1. The first-order valence-corrected chi connectivity index (χ1v) is 20.6. The number of methoxy groups -OCH3 is 2. The number of nitrogens with zero attached hydrogens (tertiary/aromatic N) is 1. The number of unbranched alkanes of at least 4 members (excludes halogenated alkanes) is 3. The van der Waals surface area contributed by atoms with Crippen LogP contribution in [-0.2, 0) is 16.0 Å². The minimum atomic E-state index is -0.0248. The molecule has 50 heavy (non-hydrogen) atoms. The Bertz CT molecular complexity index is 1580. The third-order valence-electron chi connectivity index (χ3n) is 8.81. The highest BCUT2D eigenvalue weighted by Gasteiger charge is 2.42. The summed E-state index contributed by atoms with van der Waals surface area (Å²) in [5.74, 6) is 4.39. The summed E-state index contributed by atoms with van der Waals surface area (Å²) in [6.07, 6.45) is 8.23. The summed E-state index contributed by atoms with van der Waals surface area (Å²) in [7, 11) is 8.65. The number of aromatic nitrogens is 2. The highest BCUT2D eigenvalue weighted by molar-refractivity contribution is 8.76. The van der Waals surface area contributed by atoms with Crippen LogP contribution in [0.3, 0.4) is 0 Å². The van der Waals surface area contributed by atoms with Crippen molar-refractivity contribution in [1.82, 2.24) is 31.0 Å². The molecular weight excluding hydrogens is 695 g/mol. The number of H-pyrrole nitrogens is 1. The van der Waals surface area contributed by atoms with Crippen LogP contribution in [0.4, 0.5) is 16.3 Å². The first-order valence-electron chi connectivity index (χ1n) is 17.2. The van der Waals surface area contributed by atoms with Crippen molar-refractivity contribution in [3.05, 3.63) is 47.7 Å². The first kappa shape index (κ1) is 37.8. The maximum Gasteiger partial charge on any atom is 0.315 e. The summed E-state index contributed by atoms with van der Waals surface area (Å²) >= 11 is 1.93. The second-order valence-corrected chi connectivity index (χ2v) is 16.1. The van der Waals surface area contributed by atoms with E-state index in [4.69, 9.17) is 9.47 Å². The molecule has 3 aromatic rings. The molecule has 3 aliphatic rings. The van der Waals surface area contributed by atoms with Crippen molar-refractivity contribution in [2.24, 2.45) is 0 Å². The molecule has 272 valence electrons. The van der Waals surface area contributed by atoms with Crippen molar-refractivity contribution in [1.29, 1.82) is 0 Å². The second kappa shape index (κ2) is 19.3. The highest BCUT2D eigenvalue weighted by atomic mass is 33.1. The lowest BCUT2D eigenvalue weighted by Crippen LogP contribution is -2.36. The molecule has 3 atom stereocenters. The predicted molar refractivity (Wildman–Crippen MR) is 205 cm³/mol. The van der Waals surface area contributed by atoms with Gasteiger partial charge in [-0.3, -0.25) is 14.6 Å². The molecular formula is C35H49N7O5S3. The van der Waals surface area contributed by atoms with E-state index in [-0.39, 0.29) is 11.9 Å². The largest absolute Gasteiger partial charge is 0.493 e. The van der Waals surface area contributed by atoms with Gasteiger partial charge in [0.05, 0.1) is 37.7 Å². The van der Waals surface area contributed by atoms with E-state index in [2.05, 4.69) is 54.6 Å². The SMILES string of the molecule is CNCCCCNC(=O)CCSSc1cccc(Nc2[nH]n3c2Cc2cc(OC)c(OC)cc2-3)c1.O=CCCCCC1SCC2NC(=O)NC21. The van der Waals surface area contributed by atoms with E-state index < -0.39 is 0 Å². The molecule has 6 rings (SSSR count). The summed E-state index contributed by atoms with van der Waals surface area (Å²) < 4.78 is 13.0. The molecule has 4 heterocycles. The maximum atomic E-state index is 12.0. The van der Waals surface area contributed by atoms with Crippen molar-refractivity contribution in [2.45, 2.75) is 73.6 Å². The number of nitrogens with one attached hydrogen (secondary N) is 6. The Hall–Kier alpha value is -3.40. The fraction of sp³-hybridized carbons (Fsp3) is 0.514. The summed E-state index contributed by atoms with van der Waals surface area (Å²) in [4.78, 5) is 34.4. The lowest BCUT2D eigenvalue weighted by Gasteiger charge is -2.19. The fourth-order valence-electron chi connectivity index (χ4n) is 6.19. The van der Waals surface area contributed by atoms with Crippen LogP contribution >= 0.6 is 33.3 Å². The number of thioether (sulfide) groups is 1. The van der Waals surface area contributed by atoms with Crippen LogP contribution in [0, 0.1) is 0 Å². The number of aromatic amines is 1. The molecule has 3 amide bonds. The van der Waals surface area contributed by atoms with Gasteiger partial charge in [0, 0.05) is 59.2 Å². The normalized spacial score (nSPS) is 18.2. The average molecular weight is 744 g/mol. The third-order valence-corrected chi connectivity index (χ3v) is 12.7. The standard InChI is InChI=1S/C25H33N5O3S2.C10H16N2O2S/c1-26-10-4-5-11-27-24(31)9-12-34-35-19-8-6-7-18(15-19)28-25-21-13-17-14-22(32-2)23(33-3)16-20(17)30(21)29-25;13-5-3-1-2-4-8-9-7(6-15-8)11-10(14)12-9/h6-8,14-16,26,28-29H,4-5,9-13H2,1-3H3,(H,27,31);5,7-9H,1-4,6H2,(H2,11,12,14). The monoisotopic (exact) mass is 743 g/mol. The summed E-state index contributed by atoms with van der Waals surface area (Å²) in [5, 5.41) is 19.4. The number of carbonyl (C=O) groups excluding carboxylic acids is 3. The van der Waals surface area contributed by atoms with Gasteiger partial charge < -0.3 is 40.9 Å². The van der Waals surface area contributed by atoms with Gasteiger partial charge in [-0.25, -0.2) is 4.79 Å². The van der Waals surface area contributed by atoms with Gasteiger partial charge >= 0.3 is 6.03 Å². The maximum absolute atomic E-state index is 12.0. The van der Waals surface area contributed by atoms with Crippen LogP contribution in [0.5, 0.6) is 11.5 Å². The molecule has 0 bridgehead atoms. The number of urea groups is 1. The zero-order chi connectivity index (χ0) is 35.3. The topological polar surface area (TPSA) is 151 Å². The van der Waals surface area contributed by atoms with Gasteiger partial charge in [0.25, 0.3) is 0 Å². The molecule has 3 aliphatic heterocycles. The van der Waals surface area contributed by atoms with Crippen LogP contribution in [0.15, 0.2) is 41.3 Å². The number of amides is 3. The van der Waals surface area contributed by atoms with E-state index >= 15 is 0 Å². The summed E-state index contributed by atoms with van der Waals surface area (Å²) in [6, 6.07) is 13.0. The van der Waals surface area contributed by atoms with Gasteiger partial charge in [-0.1, -0.05) is 34.1 Å². The minimum absolute atomic E-state index is 0.0248. The molecule has 3 unspecified atom stereocenters. The number of rotatable bonds is 19. The van der Waals surface area contributed by atoms with Crippen LogP contribution in [0.2, 0.25) is 0 Å². The number of ether oxygens (including phenoxy) is 2. The molecule has 0 radical (unpaired) electrons. The molecule has 2 aromatic carbocycles. The molecule has 0 spiro atoms. The van der Waals surface area contributed by atoms with E-state index in [0.29, 0.717) is 30.2 Å². The minimum Gasteiger partial charge on any atom is -0.493 e. The van der Waals surface area contributed by atoms with Crippen LogP contribution in [0.25, 0.3) is 5.69 Å². The molecule has 2 fully saturated rings. The number of carbonyl (C=O) groups is 3. The first-order chi connectivity index (χ1) is 24.4. The fourth-order valence-corrected chi connectivity index (χ4v) is 9.75. The second-order valence-electron chi connectivity index (χ2n) is 12.3. The smallest absolute Gasteiger partial charge is 0.315 e. The highest BCUT2D eigenvalue weighted by Crippen LogP contribution is 2.41. The quantitative estimate of drug-likeness (QED) is 0.0309. The summed E-state index contributed by atoms with van der Waals surface area (Å²) in [5.41, 5.74) is 4.51. The molecule has 12 nitrogen and oxygen atoms in total. The van der Waals surface area contributed by atoms with E-state index in [0.717, 1.165) is 103 Å². The number of fused-ring (bicyclic) bond motifs is 4. The van der Waals surface area contributed by atoms with Crippen molar-refractivity contribution < 1.29 is 23.9 Å². The van der Waals surface area contributed by atoms with Crippen LogP contribution in [0.1, 0.15) is 56.2 Å². The Morgan fingerprint density at radius 1 is 1.08 bits per heavy atom. The number of hydrogen-bond acceptors (Lipinski definition) is 10. The molecule has 1 aromatic heterocycles. The van der Waals surface area contributed by atoms with Crippen LogP contribution in [-0.4, -0.2) is 91.2 Å². The zero-order valence-electron chi connectivity index (χ0n) is 29.0. The van der Waals surface area contributed by atoms with Gasteiger partial charge in [-0.15, -0.1) is 0 Å². The van der Waals surface area contributed by atoms with Crippen LogP contribution < -0.4 is 36.1 Å². The number of aldehydes is 1. The van der Waals surface area contributed by atoms with Gasteiger partial charge in [-0.2, -0.15) is 11.8 Å². The summed E-state index contributed by atoms with van der Waals surface area (Å²) in [6.45, 7) is 1.74. The van der Waals surface area contributed by atoms with E-state index in [1.165, 1.54) is 11.3 Å². The number of benzene rings is 2. The Morgan fingerprint density at radius 3 is 2.70 bits per heavy atom. The molecule has 0 aliphatic carbocycles. The Balaban J connectivity index is 0.000000269. The van der Waals surface area contributed by atoms with Gasteiger partial charge in [0.15, 0.2) is 11.5 Å².